The number of carboxylic acids is 1. The van der Waals surface area contributed by atoms with Crippen LogP contribution in [0.5, 0.6) is 0 Å². The molecular formula is C12H20N2O5S. The summed E-state index contributed by atoms with van der Waals surface area (Å²) in [5.41, 5.74) is 0. The molecule has 20 heavy (non-hydrogen) atoms. The van der Waals surface area contributed by atoms with Gasteiger partial charge >= 0.3 is 5.97 Å². The zero-order valence-electron chi connectivity index (χ0n) is 11.5. The van der Waals surface area contributed by atoms with Crippen molar-refractivity contribution in [3.8, 4) is 0 Å². The van der Waals surface area contributed by atoms with Crippen molar-refractivity contribution in [2.24, 2.45) is 0 Å². The molecule has 0 bridgehead atoms. The second-order valence-electron chi connectivity index (χ2n) is 5.59. The Balaban J connectivity index is 1.99. The normalized spacial score (nSPS) is 24.8. The van der Waals surface area contributed by atoms with E-state index in [1.165, 1.54) is 4.90 Å². The van der Waals surface area contributed by atoms with E-state index in [2.05, 4.69) is 0 Å². The first-order valence-corrected chi connectivity index (χ1v) is 8.52. The zero-order valence-corrected chi connectivity index (χ0v) is 12.3. The summed E-state index contributed by atoms with van der Waals surface area (Å²) in [7, 11) is -1.38. The Bertz CT molecular complexity index is 500. The number of aliphatic carboxylic acids is 1. The third-order valence-corrected chi connectivity index (χ3v) is 5.64. The Morgan fingerprint density at radius 2 is 1.80 bits per heavy atom. The van der Waals surface area contributed by atoms with Gasteiger partial charge in [-0.05, 0) is 19.3 Å². The molecule has 0 spiro atoms. The van der Waals surface area contributed by atoms with Gasteiger partial charge in [-0.3, -0.25) is 14.5 Å². The molecule has 0 radical (unpaired) electrons. The number of sulfone groups is 1. The first kappa shape index (κ1) is 15.2. The van der Waals surface area contributed by atoms with Crippen LogP contribution in [0.25, 0.3) is 0 Å². The van der Waals surface area contributed by atoms with Crippen molar-refractivity contribution < 1.29 is 23.1 Å². The minimum atomic E-state index is -3.10. The number of amides is 1. The van der Waals surface area contributed by atoms with Crippen molar-refractivity contribution in [3.05, 3.63) is 0 Å². The van der Waals surface area contributed by atoms with Crippen LogP contribution >= 0.6 is 0 Å². The highest BCUT2D eigenvalue weighted by Gasteiger charge is 2.36. The number of carboxylic acid groups (broad SMARTS) is 1. The van der Waals surface area contributed by atoms with E-state index in [4.69, 9.17) is 5.11 Å². The first-order valence-electron chi connectivity index (χ1n) is 6.70. The first-order chi connectivity index (χ1) is 9.28. The average Bonchev–Trinajstić information content (AvgIpc) is 3.11. The molecule has 1 heterocycles. The highest BCUT2D eigenvalue weighted by atomic mass is 32.2. The van der Waals surface area contributed by atoms with Crippen molar-refractivity contribution in [1.82, 2.24) is 9.80 Å². The molecular weight excluding hydrogens is 284 g/mol. The summed E-state index contributed by atoms with van der Waals surface area (Å²) in [5, 5.41) is 8.93. The van der Waals surface area contributed by atoms with Crippen LogP contribution < -0.4 is 0 Å². The minimum Gasteiger partial charge on any atom is -0.480 e. The molecule has 7 nitrogen and oxygen atoms in total. The highest BCUT2D eigenvalue weighted by Crippen LogP contribution is 2.26. The molecule has 1 aliphatic carbocycles. The fourth-order valence-corrected chi connectivity index (χ4v) is 4.26. The maximum atomic E-state index is 12.1. The summed E-state index contributed by atoms with van der Waals surface area (Å²) >= 11 is 0. The summed E-state index contributed by atoms with van der Waals surface area (Å²) in [5.74, 6) is -1.17. The molecule has 1 saturated carbocycles. The zero-order chi connectivity index (χ0) is 14.9. The predicted molar refractivity (Wildman–Crippen MR) is 72.1 cm³/mol. The maximum Gasteiger partial charge on any atom is 0.317 e. The SMILES string of the molecule is CN(C(=O)CN(CC(=O)O)C1CCS(=O)(=O)C1)C1CC1. The Hall–Kier alpha value is -1.15. The van der Waals surface area contributed by atoms with Gasteiger partial charge in [-0.15, -0.1) is 0 Å². The van der Waals surface area contributed by atoms with Crippen LogP contribution in [0.1, 0.15) is 19.3 Å². The standard InChI is InChI=1S/C12H20N2O5S/c1-13(9-2-3-9)11(15)6-14(7-12(16)17)10-4-5-20(18,19)8-10/h9-10H,2-8H2,1H3,(H,16,17). The Kier molecular flexibility index (Phi) is 4.33. The summed E-state index contributed by atoms with van der Waals surface area (Å²) in [4.78, 5) is 26.1. The molecule has 114 valence electrons. The van der Waals surface area contributed by atoms with Crippen LogP contribution in [-0.4, -0.2) is 78.9 Å². The monoisotopic (exact) mass is 304 g/mol. The molecule has 8 heteroatoms. The van der Waals surface area contributed by atoms with Crippen LogP contribution in [0.15, 0.2) is 0 Å². The molecule has 1 saturated heterocycles. The van der Waals surface area contributed by atoms with E-state index >= 15 is 0 Å². The third kappa shape index (κ3) is 3.92. The summed E-state index contributed by atoms with van der Waals surface area (Å²) in [6.07, 6.45) is 2.37. The number of nitrogens with zero attached hydrogens (tertiary/aromatic N) is 2. The maximum absolute atomic E-state index is 12.1. The van der Waals surface area contributed by atoms with Crippen molar-refractivity contribution in [3.63, 3.8) is 0 Å². The fraction of sp³-hybridized carbons (Fsp3) is 0.833. The largest absolute Gasteiger partial charge is 0.480 e. The van der Waals surface area contributed by atoms with E-state index in [0.717, 1.165) is 12.8 Å². The number of rotatable bonds is 6. The van der Waals surface area contributed by atoms with Crippen LogP contribution in [-0.2, 0) is 19.4 Å². The van der Waals surface area contributed by atoms with Crippen molar-refractivity contribution >= 4 is 21.7 Å². The van der Waals surface area contributed by atoms with Gasteiger partial charge in [0.05, 0.1) is 24.6 Å². The van der Waals surface area contributed by atoms with Crippen LogP contribution in [0.3, 0.4) is 0 Å². The molecule has 0 aromatic carbocycles. The molecule has 1 N–H and O–H groups in total. The van der Waals surface area contributed by atoms with Crippen LogP contribution in [0.4, 0.5) is 0 Å². The molecule has 1 atom stereocenters. The van der Waals surface area contributed by atoms with Gasteiger partial charge in [-0.1, -0.05) is 0 Å². The fourth-order valence-electron chi connectivity index (χ4n) is 2.50. The lowest BCUT2D eigenvalue weighted by molar-refractivity contribution is -0.140. The third-order valence-electron chi connectivity index (χ3n) is 3.89. The van der Waals surface area contributed by atoms with Gasteiger partial charge in [0.25, 0.3) is 0 Å². The molecule has 2 fully saturated rings. The Morgan fingerprint density at radius 3 is 2.25 bits per heavy atom. The molecule has 1 aliphatic heterocycles. The second kappa shape index (κ2) is 5.69. The quantitative estimate of drug-likeness (QED) is 0.689. The van der Waals surface area contributed by atoms with Gasteiger partial charge in [0, 0.05) is 19.1 Å². The molecule has 0 aromatic rings. The van der Waals surface area contributed by atoms with Gasteiger partial charge < -0.3 is 10.0 Å². The van der Waals surface area contributed by atoms with Gasteiger partial charge in [-0.25, -0.2) is 8.42 Å². The minimum absolute atomic E-state index is 0.0283. The number of hydrogen-bond acceptors (Lipinski definition) is 5. The molecule has 0 aromatic heterocycles. The van der Waals surface area contributed by atoms with Gasteiger partial charge in [0.15, 0.2) is 9.84 Å². The predicted octanol–water partition coefficient (Wildman–Crippen LogP) is -0.819. The second-order valence-corrected chi connectivity index (χ2v) is 7.82. The van der Waals surface area contributed by atoms with E-state index in [-0.39, 0.29) is 42.6 Å². The van der Waals surface area contributed by atoms with E-state index in [0.29, 0.717) is 6.42 Å². The molecule has 1 unspecified atom stereocenters. The highest BCUT2D eigenvalue weighted by molar-refractivity contribution is 7.91. The average molecular weight is 304 g/mol. The van der Waals surface area contributed by atoms with Crippen molar-refractivity contribution in [1.29, 1.82) is 0 Å². The van der Waals surface area contributed by atoms with Crippen molar-refractivity contribution in [2.45, 2.75) is 31.3 Å². The molecule has 2 rings (SSSR count). The number of carbonyl (C=O) groups is 2. The lowest BCUT2D eigenvalue weighted by Crippen LogP contribution is -2.46. The lowest BCUT2D eigenvalue weighted by atomic mass is 10.2. The van der Waals surface area contributed by atoms with E-state index < -0.39 is 15.8 Å². The van der Waals surface area contributed by atoms with Gasteiger partial charge in [-0.2, -0.15) is 0 Å². The Labute approximate surface area is 118 Å². The van der Waals surface area contributed by atoms with Crippen LogP contribution in [0.2, 0.25) is 0 Å². The van der Waals surface area contributed by atoms with Crippen LogP contribution in [0, 0.1) is 0 Å². The van der Waals surface area contributed by atoms with E-state index in [1.807, 2.05) is 0 Å². The van der Waals surface area contributed by atoms with Gasteiger partial charge in [0.2, 0.25) is 5.91 Å². The van der Waals surface area contributed by atoms with E-state index in [1.54, 1.807) is 11.9 Å². The lowest BCUT2D eigenvalue weighted by Gasteiger charge is -2.28. The summed E-state index contributed by atoms with van der Waals surface area (Å²) in [6, 6.07) is -0.103. The number of carbonyl (C=O) groups excluding carboxylic acids is 1. The topological polar surface area (TPSA) is 95.0 Å². The smallest absolute Gasteiger partial charge is 0.317 e. The molecule has 2 aliphatic rings. The van der Waals surface area contributed by atoms with E-state index in [9.17, 15) is 18.0 Å². The number of hydrogen-bond donors (Lipinski definition) is 1. The number of likely N-dealkylation sites (N-methyl/N-ethyl adjacent to an activating group) is 1. The summed E-state index contributed by atoms with van der Waals surface area (Å²) < 4.78 is 23.0. The summed E-state index contributed by atoms with van der Waals surface area (Å²) in [6.45, 7) is -0.329. The van der Waals surface area contributed by atoms with Gasteiger partial charge in [0.1, 0.15) is 0 Å². The molecule has 1 amide bonds. The van der Waals surface area contributed by atoms with Crippen molar-refractivity contribution in [2.75, 3.05) is 31.6 Å². The Morgan fingerprint density at radius 1 is 1.15 bits per heavy atom.